The van der Waals surface area contributed by atoms with Crippen molar-refractivity contribution in [2.75, 3.05) is 0 Å². The van der Waals surface area contributed by atoms with Gasteiger partial charge in [-0.15, -0.1) is 131 Å². The Bertz CT molecular complexity index is 5640. The summed E-state index contributed by atoms with van der Waals surface area (Å²) in [5.41, 5.74) is 13.1. The number of rotatable bonds is 9. The molecule has 9 heterocycles. The Morgan fingerprint density at radius 3 is 1.27 bits per heavy atom. The Hall–Kier alpha value is -11.2. The van der Waals surface area contributed by atoms with Gasteiger partial charge in [0.05, 0.1) is 18.1 Å². The number of aryl methyl sites for hydroxylation is 1. The van der Waals surface area contributed by atoms with E-state index in [-0.39, 0.29) is 172 Å². The molecule has 0 saturated carbocycles. The monoisotopic (exact) mass is 2720 g/mol. The number of aliphatic hydroxyl groups excluding tert-OH is 2. The number of carboxylic acid groups (broad SMARTS) is 1. The number of aromatic carboxylic acids is 1. The van der Waals surface area contributed by atoms with E-state index in [4.69, 9.17) is 21.9 Å². The van der Waals surface area contributed by atoms with Crippen molar-refractivity contribution >= 4 is 34.0 Å². The first-order valence-corrected chi connectivity index (χ1v) is 35.5. The predicted octanol–water partition coefficient (Wildman–Crippen LogP) is 22.1. The third-order valence-electron chi connectivity index (χ3n) is 16.1. The SMILES string of the molecule is CC(=O)C=C(C)O.CC(=O)C=C(C)O.CC1(C)c2ccccc2-c2c[c-]c(-c3nccc4ccccc34)cc21.Fc1c[c-]c(-c2ccccn2)c(F)n1.Fc1c[c-]c(-c2ccccn2)c(F)n1.O=C(O)c1ccccn1.[C-]#[N+]c1c(F)c[c-]c(-c2cc(C)ccn2)c1F.[Ir].[Ir].[Ir].[Ir].[Ir].[Ir].[c-]1ccccc1-c1ccccn1.[c-]1ccccc1-c1ccccn1. The molecule has 1 aliphatic rings. The van der Waals surface area contributed by atoms with Crippen LogP contribution < -0.4 is 0 Å². The van der Waals surface area contributed by atoms with Gasteiger partial charge in [-0.1, -0.05) is 163 Å². The first-order valence-electron chi connectivity index (χ1n) is 35.5. The molecular formula is C95H72F6Ir6N10O6-6. The second kappa shape index (κ2) is 55.7. The second-order valence-corrected chi connectivity index (χ2v) is 25.2. The van der Waals surface area contributed by atoms with Crippen molar-refractivity contribution in [1.29, 1.82) is 0 Å². The Morgan fingerprint density at radius 2 is 0.854 bits per heavy atom. The zero-order chi connectivity index (χ0) is 84.2. The van der Waals surface area contributed by atoms with Gasteiger partial charge in [-0.2, -0.15) is 0 Å². The van der Waals surface area contributed by atoms with Gasteiger partial charge in [0.1, 0.15) is 29.5 Å². The van der Waals surface area contributed by atoms with Crippen molar-refractivity contribution in [3.05, 3.63) is 409 Å². The molecule has 3 N–H and O–H groups in total. The number of allylic oxidation sites excluding steroid dienone is 4. The van der Waals surface area contributed by atoms with Gasteiger partial charge in [-0.25, -0.2) is 27.3 Å². The van der Waals surface area contributed by atoms with Crippen LogP contribution in [0, 0.1) is 85.3 Å². The number of fused-ring (bicyclic) bond motifs is 4. The van der Waals surface area contributed by atoms with E-state index in [1.807, 2.05) is 98.0 Å². The van der Waals surface area contributed by atoms with E-state index >= 15 is 0 Å². The van der Waals surface area contributed by atoms with Crippen LogP contribution in [0.2, 0.25) is 0 Å². The average Bonchev–Trinajstić information content (AvgIpc) is 1.58. The first-order chi connectivity index (χ1) is 56.3. The number of hydrogen-bond acceptors (Lipinski definition) is 14. The van der Waals surface area contributed by atoms with Gasteiger partial charge in [0.15, 0.2) is 17.3 Å². The molecule has 15 aromatic rings. The number of carbonyl (C=O) groups excluding carboxylic acids is 2. The number of benzene rings is 6. The van der Waals surface area contributed by atoms with Gasteiger partial charge in [0.25, 0.3) is 0 Å². The van der Waals surface area contributed by atoms with E-state index in [0.717, 1.165) is 57.5 Å². The van der Waals surface area contributed by atoms with E-state index in [0.29, 0.717) is 17.1 Å². The molecule has 28 heteroatoms. The zero-order valence-corrected chi connectivity index (χ0v) is 80.4. The molecule has 0 aliphatic heterocycles. The minimum absolute atomic E-state index is 0. The smallest absolute Gasteiger partial charge is 0.354 e. The number of halogens is 6. The second-order valence-electron chi connectivity index (χ2n) is 25.2. The fourth-order valence-corrected chi connectivity index (χ4v) is 10.9. The molecule has 123 heavy (non-hydrogen) atoms. The van der Waals surface area contributed by atoms with Crippen LogP contribution in [0.4, 0.5) is 32.0 Å². The maximum atomic E-state index is 13.8. The van der Waals surface area contributed by atoms with Crippen LogP contribution in [0.1, 0.15) is 68.7 Å². The maximum absolute atomic E-state index is 13.8. The third-order valence-corrected chi connectivity index (χ3v) is 16.1. The average molecular weight is 2720 g/mol. The van der Waals surface area contributed by atoms with E-state index in [9.17, 15) is 40.7 Å². The summed E-state index contributed by atoms with van der Waals surface area (Å²) >= 11 is 0. The molecule has 0 amide bonds. The summed E-state index contributed by atoms with van der Waals surface area (Å²) in [4.78, 5) is 67.6. The van der Waals surface area contributed by atoms with Crippen molar-refractivity contribution in [2.45, 2.75) is 53.9 Å². The minimum Gasteiger partial charge on any atom is -0.512 e. The molecule has 1 aliphatic carbocycles. The minimum atomic E-state index is -0.990. The van der Waals surface area contributed by atoms with Crippen LogP contribution in [-0.4, -0.2) is 77.7 Å². The molecule has 640 valence electrons. The van der Waals surface area contributed by atoms with Crippen LogP contribution in [0.5, 0.6) is 0 Å². The zero-order valence-electron chi connectivity index (χ0n) is 66.0. The van der Waals surface area contributed by atoms with Gasteiger partial charge in [-0.3, -0.25) is 33.2 Å². The van der Waals surface area contributed by atoms with Crippen LogP contribution in [0.25, 0.3) is 94.3 Å². The van der Waals surface area contributed by atoms with Crippen LogP contribution in [0.3, 0.4) is 0 Å². The summed E-state index contributed by atoms with van der Waals surface area (Å²) in [6, 6.07) is 89.2. The fourth-order valence-electron chi connectivity index (χ4n) is 10.9. The molecule has 0 saturated heterocycles. The molecule has 16 nitrogen and oxygen atoms in total. The normalized spacial score (nSPS) is 10.4. The van der Waals surface area contributed by atoms with E-state index in [2.05, 4.69) is 167 Å². The Labute approximate surface area is 790 Å². The third kappa shape index (κ3) is 33.9. The number of carbonyl (C=O) groups is 3. The van der Waals surface area contributed by atoms with Gasteiger partial charge >= 0.3 is 5.97 Å². The van der Waals surface area contributed by atoms with Crippen LogP contribution >= 0.6 is 0 Å². The maximum Gasteiger partial charge on any atom is 0.354 e. The molecule has 6 radical (unpaired) electrons. The van der Waals surface area contributed by atoms with Gasteiger partial charge in [0, 0.05) is 188 Å². The summed E-state index contributed by atoms with van der Waals surface area (Å²) in [5.74, 6) is -6.51. The number of nitrogens with zero attached hydrogens (tertiary/aromatic N) is 10. The number of carboxylic acids is 1. The van der Waals surface area contributed by atoms with E-state index in [1.165, 1.54) is 104 Å². The molecule has 0 unspecified atom stereocenters. The standard InChI is InChI=1S/C24H18N.C13H7F2N2.2C11H8N.2C10H5F2N2.C6H5NO2.2C5H8O2.6Ir/c1-24(2)21-10-6-5-9-19(21)20-12-11-17(15-22(20)24)23-18-8-4-3-7-16(18)13-14-25-23;1-8-5-6-17-11(7-8)9-3-4-10(14)13(16-2)12(9)15;2*1-2-6-10(7-3-1)11-8-4-5-9-12-11;2*11-9-5-4-7(10(12)14-9)8-3-1-2-6-13-8;8-6(9)5-3-1-2-4-7-5;2*1-4(6)3-5(2)7;;;;;;/h3-10,12-15H,1-2H3;4-7H,1H3;2*1-6,8-9H;2*1-3,5-6H;1-4H,(H,8,9);2*3,6H,1-2H3;;;;;;/q6*-1;;;;;;;;;. The van der Waals surface area contributed by atoms with Gasteiger partial charge < -0.3 is 45.2 Å². The van der Waals surface area contributed by atoms with Crippen molar-refractivity contribution in [1.82, 2.24) is 44.9 Å². The fraction of sp³-hybridized carbons (Fsp3) is 0.0842. The Balaban J connectivity index is 0.000000478. The Morgan fingerprint density at radius 1 is 0.415 bits per heavy atom. The van der Waals surface area contributed by atoms with Gasteiger partial charge in [-0.05, 0) is 139 Å². The van der Waals surface area contributed by atoms with Crippen molar-refractivity contribution in [2.24, 2.45) is 0 Å². The Kier molecular flexibility index (Phi) is 48.9. The number of aromatic nitrogens is 9. The quantitative estimate of drug-likeness (QED) is 0.0401. The topological polar surface area (TPSA) is 232 Å². The summed E-state index contributed by atoms with van der Waals surface area (Å²) in [7, 11) is 0. The predicted molar refractivity (Wildman–Crippen MR) is 438 cm³/mol. The molecule has 9 aromatic heterocycles. The number of ketones is 2. The first kappa shape index (κ1) is 108. The summed E-state index contributed by atoms with van der Waals surface area (Å²) < 4.78 is 78.1. The molecule has 16 rings (SSSR count). The van der Waals surface area contributed by atoms with E-state index < -0.39 is 47.1 Å². The van der Waals surface area contributed by atoms with Crippen LogP contribution in [-0.2, 0) is 136 Å². The molecule has 0 bridgehead atoms. The van der Waals surface area contributed by atoms with Crippen LogP contribution in [0.15, 0.2) is 304 Å². The summed E-state index contributed by atoms with van der Waals surface area (Å²) in [6.07, 6.45) is 13.8. The van der Waals surface area contributed by atoms with Crippen molar-refractivity contribution in [3.63, 3.8) is 0 Å². The number of hydrogen-bond donors (Lipinski definition) is 3. The molecular weight excluding hydrogens is 2640 g/mol. The molecule has 6 aromatic carbocycles. The summed E-state index contributed by atoms with van der Waals surface area (Å²) in [6.45, 7) is 18.9. The summed E-state index contributed by atoms with van der Waals surface area (Å²) in [5, 5.41) is 27.4. The van der Waals surface area contributed by atoms with E-state index in [1.54, 1.807) is 73.1 Å². The van der Waals surface area contributed by atoms with Crippen molar-refractivity contribution < 1.29 is 177 Å². The molecule has 0 atom stereocenters. The number of pyridine rings is 9. The molecule has 0 spiro atoms. The largest absolute Gasteiger partial charge is 0.512 e. The molecule has 0 fully saturated rings. The van der Waals surface area contributed by atoms with Gasteiger partial charge in [0.2, 0.25) is 0 Å². The number of aliphatic hydroxyl groups is 2. The van der Waals surface area contributed by atoms with Crippen molar-refractivity contribution in [3.8, 4) is 78.7 Å².